The summed E-state index contributed by atoms with van der Waals surface area (Å²) in [5.74, 6) is -0.885. The molecule has 0 radical (unpaired) electrons. The molecule has 1 fully saturated rings. The Hall–Kier alpha value is -3.31. The van der Waals surface area contributed by atoms with E-state index in [9.17, 15) is 19.2 Å². The van der Waals surface area contributed by atoms with Gasteiger partial charge in [-0.1, -0.05) is 94.3 Å². The molecule has 2 aromatic rings. The largest absolute Gasteiger partial charge is 0.103 e. The van der Waals surface area contributed by atoms with Gasteiger partial charge in [0.2, 0.25) is 0 Å². The van der Waals surface area contributed by atoms with Crippen LogP contribution in [0.5, 0.6) is 0 Å². The molecule has 0 bridgehead atoms. The molecule has 3 rings (SSSR count). The molecule has 1 heterocycles. The maximum Gasteiger partial charge on any atom is 0.0146 e. The summed E-state index contributed by atoms with van der Waals surface area (Å²) in [5, 5.41) is 2.21. The van der Waals surface area contributed by atoms with Gasteiger partial charge in [-0.2, -0.15) is 0 Å². The number of thioether (sulfide) groups is 3. The Balaban J connectivity index is 0.000000401. The molecule has 1 aliphatic heterocycles. The van der Waals surface area contributed by atoms with Crippen LogP contribution in [0.25, 0.3) is 6.08 Å². The van der Waals surface area contributed by atoms with E-state index in [0.717, 1.165) is 22.6 Å². The van der Waals surface area contributed by atoms with Crippen LogP contribution in [0.3, 0.4) is 0 Å². The number of hydrogen-bond donors (Lipinski definition) is 0. The fourth-order valence-corrected chi connectivity index (χ4v) is 12.5. The Morgan fingerprint density at radius 1 is 0.755 bits per heavy atom. The molecule has 0 aliphatic carbocycles. The smallest absolute Gasteiger partial charge is 0.0146 e. The third kappa shape index (κ3) is 19.5. The van der Waals surface area contributed by atoms with Crippen LogP contribution in [0.2, 0.25) is 10.6 Å². The molecule has 0 saturated carbocycles. The van der Waals surface area contributed by atoms with Gasteiger partial charge in [-0.15, -0.1) is 6.58 Å². The maximum absolute atomic E-state index is 11.2. The van der Waals surface area contributed by atoms with Crippen molar-refractivity contribution in [3.05, 3.63) is 140 Å². The van der Waals surface area contributed by atoms with Crippen molar-refractivity contribution in [2.75, 3.05) is 26.4 Å². The number of benzene rings is 2. The van der Waals surface area contributed by atoms with E-state index in [0.29, 0.717) is 26.1 Å². The minimum absolute atomic E-state index is 0.00636. The zero-order valence-electron chi connectivity index (χ0n) is 31.3. The van der Waals surface area contributed by atoms with Crippen LogP contribution in [-0.4, -0.2) is 72.7 Å². The third-order valence-electron chi connectivity index (χ3n) is 7.18. The van der Waals surface area contributed by atoms with Crippen molar-refractivity contribution in [1.82, 2.24) is 0 Å². The predicted molar refractivity (Wildman–Crippen MR) is 227 cm³/mol. The van der Waals surface area contributed by atoms with Crippen LogP contribution >= 0.6 is 35.3 Å². The van der Waals surface area contributed by atoms with Gasteiger partial charge in [0.25, 0.3) is 0 Å². The Bertz CT molecular complexity index is 1510. The molecule has 53 heavy (non-hydrogen) atoms. The summed E-state index contributed by atoms with van der Waals surface area (Å²) < 4.78 is 15.2. The van der Waals surface area contributed by atoms with E-state index in [-0.39, 0.29) is 51.2 Å². The van der Waals surface area contributed by atoms with Crippen molar-refractivity contribution in [3.63, 3.8) is 0 Å². The zero-order valence-corrected chi connectivity index (χ0v) is 35.4. The molecule has 2 aromatic carbocycles. The fourth-order valence-electron chi connectivity index (χ4n) is 4.15. The fraction of sp³-hybridized carbons (Fsp3) is 0.333. The summed E-state index contributed by atoms with van der Waals surface area (Å²) in [4.78, 5) is 44.3. The number of carbonyl (C=O) groups is 4. The molecule has 11 heteroatoms. The molecule has 0 spiro atoms. The molecular formula is C42H52O7S3Se. The number of esters is 2. The molecular weight excluding hydrogens is 792 g/mol. The minimum Gasteiger partial charge on any atom is -0.103 e. The minimum atomic E-state index is -0.442. The standard InChI is InChI=1S/C20H22.C12H18O5.C10H12O2S3Se/c1-5-7-17-10-14-19(15-11-17)20(3,4)18-12-8-16(6-2)9-13-18;1-9(2)11(13)16-7-5-15-6-8-17-12(14)10(3)4;1-3-7(11)13-9-5-16-6-10(15-9)14-8(12)4-2/h5-6,8-15H,1-2,7H2,3-4H3;1,3,5-8H2,2,4H3;3-4,9-10H,1-2,5-6H2. The molecule has 2 atom stereocenters. The van der Waals surface area contributed by atoms with E-state index in [1.807, 2.05) is 12.2 Å². The van der Waals surface area contributed by atoms with Crippen LogP contribution < -0.4 is 0 Å². The van der Waals surface area contributed by atoms with Gasteiger partial charge >= 0.3 is 127 Å². The Morgan fingerprint density at radius 3 is 1.57 bits per heavy atom. The first-order valence-corrected chi connectivity index (χ1v) is 21.9. The second-order valence-corrected chi connectivity index (χ2v) is 18.6. The molecule has 1 saturated heterocycles. The van der Waals surface area contributed by atoms with Crippen LogP contribution in [0.15, 0.2) is 117 Å². The number of allylic oxidation sites excluding steroid dienone is 1. The molecule has 286 valence electrons. The molecule has 2 unspecified atom stereocenters. The molecule has 0 aromatic heterocycles. The van der Waals surface area contributed by atoms with Crippen LogP contribution in [0.1, 0.15) is 49.9 Å². The summed E-state index contributed by atoms with van der Waals surface area (Å²) in [6.45, 7) is 29.9. The van der Waals surface area contributed by atoms with Gasteiger partial charge in [0.15, 0.2) is 0 Å². The van der Waals surface area contributed by atoms with E-state index in [1.165, 1.54) is 52.4 Å². The van der Waals surface area contributed by atoms with Crippen LogP contribution in [-0.2, 0) is 45.2 Å². The van der Waals surface area contributed by atoms with Gasteiger partial charge in [-0.25, -0.2) is 9.59 Å². The first-order chi connectivity index (χ1) is 25.2. The Labute approximate surface area is 335 Å². The number of ether oxygens (including phenoxy) is 3. The van der Waals surface area contributed by atoms with Crippen LogP contribution in [0.4, 0.5) is 0 Å². The van der Waals surface area contributed by atoms with Gasteiger partial charge in [-0.3, -0.25) is 0 Å². The summed E-state index contributed by atoms with van der Waals surface area (Å²) in [6.07, 6.45) is 7.44. The quantitative estimate of drug-likeness (QED) is 0.0504. The molecule has 0 N–H and O–H groups in total. The monoisotopic (exact) mass is 844 g/mol. The number of hydrogen-bond acceptors (Lipinski definition) is 10. The van der Waals surface area contributed by atoms with Gasteiger partial charge in [0.05, 0.1) is 13.2 Å². The van der Waals surface area contributed by atoms with E-state index < -0.39 is 11.9 Å². The van der Waals surface area contributed by atoms with E-state index >= 15 is 0 Å². The van der Waals surface area contributed by atoms with Crippen molar-refractivity contribution < 1.29 is 33.4 Å². The summed E-state index contributed by atoms with van der Waals surface area (Å²) in [7, 11) is 0. The van der Waals surface area contributed by atoms with Gasteiger partial charge < -0.3 is 14.2 Å². The van der Waals surface area contributed by atoms with Crippen molar-refractivity contribution >= 4 is 78.5 Å². The molecule has 7 nitrogen and oxygen atoms in total. The first kappa shape index (κ1) is 47.7. The van der Waals surface area contributed by atoms with Crippen molar-refractivity contribution in [2.45, 2.75) is 59.3 Å². The topological polar surface area (TPSA) is 96.0 Å². The Morgan fingerprint density at radius 2 is 1.19 bits per heavy atom. The number of carbonyl (C=O) groups excluding carboxylic acids is 4. The van der Waals surface area contributed by atoms with Crippen molar-refractivity contribution in [2.24, 2.45) is 0 Å². The molecule has 0 amide bonds. The zero-order chi connectivity index (χ0) is 39.8. The Kier molecular flexibility index (Phi) is 23.8. The van der Waals surface area contributed by atoms with Gasteiger partial charge in [0.1, 0.15) is 13.2 Å². The summed E-state index contributed by atoms with van der Waals surface area (Å²) in [5.41, 5.74) is 5.82. The molecule has 1 aliphatic rings. The predicted octanol–water partition coefficient (Wildman–Crippen LogP) is 9.44. The van der Waals surface area contributed by atoms with E-state index in [4.69, 9.17) is 14.2 Å². The van der Waals surface area contributed by atoms with Crippen molar-refractivity contribution in [1.29, 1.82) is 0 Å². The average Bonchev–Trinajstić information content (AvgIpc) is 3.15. The summed E-state index contributed by atoms with van der Waals surface area (Å²) in [6, 6.07) is 17.4. The maximum atomic E-state index is 11.2. The SMILES string of the molecule is C=C(C)C(=O)OCCOCCOC(=O)C(=C)C.C=CC(=O)SC1C[Se]CC(SC(=O)C=C)S1.C=CCc1ccc(C(C)(C)c2ccc(C=C)cc2)cc1. The second-order valence-electron chi connectivity index (χ2n) is 11.9. The third-order valence-corrected chi connectivity index (χ3v) is 15.3. The van der Waals surface area contributed by atoms with Crippen LogP contribution in [0, 0.1) is 0 Å². The number of rotatable bonds is 17. The second kappa shape index (κ2) is 26.5. The normalized spacial score (nSPS) is 14.7. The summed E-state index contributed by atoms with van der Waals surface area (Å²) >= 11 is 4.91. The van der Waals surface area contributed by atoms with E-state index in [1.54, 1.807) is 25.6 Å². The first-order valence-electron chi connectivity index (χ1n) is 16.7. The average molecular weight is 844 g/mol. The van der Waals surface area contributed by atoms with Crippen molar-refractivity contribution in [3.8, 4) is 0 Å². The van der Waals surface area contributed by atoms with Gasteiger partial charge in [0, 0.05) is 16.6 Å². The van der Waals surface area contributed by atoms with Gasteiger partial charge in [-0.05, 0) is 42.5 Å². The van der Waals surface area contributed by atoms with E-state index in [2.05, 4.69) is 102 Å².